The Morgan fingerprint density at radius 1 is 1.50 bits per heavy atom. The van der Waals surface area contributed by atoms with Gasteiger partial charge in [0.05, 0.1) is 30.5 Å². The fourth-order valence-electron chi connectivity index (χ4n) is 4.00. The van der Waals surface area contributed by atoms with Crippen LogP contribution in [0.5, 0.6) is 0 Å². The lowest BCUT2D eigenvalue weighted by molar-refractivity contribution is -0.0158. The van der Waals surface area contributed by atoms with Crippen molar-refractivity contribution in [2.75, 3.05) is 26.7 Å². The highest BCUT2D eigenvalue weighted by atomic mass is 32.1. The van der Waals surface area contributed by atoms with Crippen molar-refractivity contribution in [3.05, 3.63) is 40.7 Å². The molecule has 128 valence electrons. The molecule has 0 bridgehead atoms. The molecule has 3 atom stereocenters. The van der Waals surface area contributed by atoms with E-state index in [1.165, 1.54) is 11.3 Å². The van der Waals surface area contributed by atoms with Gasteiger partial charge in [-0.05, 0) is 18.6 Å². The minimum Gasteiger partial charge on any atom is -0.468 e. The van der Waals surface area contributed by atoms with Gasteiger partial charge in [-0.25, -0.2) is 4.98 Å². The van der Waals surface area contributed by atoms with Crippen LogP contribution in [0.4, 0.5) is 0 Å². The molecule has 2 aromatic rings. The Morgan fingerprint density at radius 2 is 2.42 bits per heavy atom. The molecule has 6 nitrogen and oxygen atoms in total. The second kappa shape index (κ2) is 6.66. The molecule has 2 aliphatic rings. The van der Waals surface area contributed by atoms with Crippen LogP contribution in [0.2, 0.25) is 0 Å². The summed E-state index contributed by atoms with van der Waals surface area (Å²) in [5, 5.41) is 1.83. The van der Waals surface area contributed by atoms with Gasteiger partial charge in [0, 0.05) is 38.0 Å². The van der Waals surface area contributed by atoms with Crippen LogP contribution >= 0.6 is 11.3 Å². The molecule has 0 saturated carbocycles. The van der Waals surface area contributed by atoms with E-state index >= 15 is 0 Å². The Hall–Kier alpha value is -1.70. The van der Waals surface area contributed by atoms with Crippen LogP contribution < -0.4 is 0 Å². The number of thiazole rings is 1. The van der Waals surface area contributed by atoms with Gasteiger partial charge in [-0.15, -0.1) is 11.3 Å². The quantitative estimate of drug-likeness (QED) is 0.848. The predicted octanol–water partition coefficient (Wildman–Crippen LogP) is 2.10. The van der Waals surface area contributed by atoms with Gasteiger partial charge in [-0.2, -0.15) is 0 Å². The standard InChI is InChI=1S/C17H21N3O3S/c1-22-16-4-5-20(17(21)14-10-24-11-18-14)15-9-19(8-13(15)16)7-12-3-2-6-23-12/h2-3,6,10-11,13,15-16H,4-5,7-9H2,1H3/t13-,15+,16-/m1/s1. The number of aromatic nitrogens is 1. The SMILES string of the molecule is CO[C@@H]1CCN(C(=O)c2cscn2)[C@H]2CN(Cc3ccco3)C[C@@H]12. The summed E-state index contributed by atoms with van der Waals surface area (Å²) in [6, 6.07) is 4.08. The monoisotopic (exact) mass is 347 g/mol. The third kappa shape index (κ3) is 2.87. The van der Waals surface area contributed by atoms with Crippen molar-refractivity contribution >= 4 is 17.2 Å². The van der Waals surface area contributed by atoms with E-state index in [9.17, 15) is 4.79 Å². The van der Waals surface area contributed by atoms with Gasteiger partial charge in [0.25, 0.3) is 5.91 Å². The normalized spacial score (nSPS) is 27.4. The Balaban J connectivity index is 1.52. The summed E-state index contributed by atoms with van der Waals surface area (Å²) in [6.45, 7) is 3.27. The van der Waals surface area contributed by atoms with E-state index in [0.29, 0.717) is 11.6 Å². The maximum Gasteiger partial charge on any atom is 0.273 e. The molecule has 2 fully saturated rings. The number of rotatable bonds is 4. The molecule has 2 saturated heterocycles. The number of likely N-dealkylation sites (tertiary alicyclic amines) is 2. The molecule has 0 spiro atoms. The van der Waals surface area contributed by atoms with Gasteiger partial charge in [-0.1, -0.05) is 0 Å². The number of amides is 1. The Labute approximate surface area is 145 Å². The minimum atomic E-state index is 0.0423. The van der Waals surface area contributed by atoms with Crippen molar-refractivity contribution in [2.24, 2.45) is 5.92 Å². The van der Waals surface area contributed by atoms with Crippen LogP contribution in [-0.2, 0) is 11.3 Å². The molecule has 4 rings (SSSR count). The number of hydrogen-bond acceptors (Lipinski definition) is 6. The van der Waals surface area contributed by atoms with E-state index in [1.807, 2.05) is 22.4 Å². The molecule has 7 heteroatoms. The van der Waals surface area contributed by atoms with Gasteiger partial charge in [0.1, 0.15) is 11.5 Å². The van der Waals surface area contributed by atoms with Gasteiger partial charge in [0.2, 0.25) is 0 Å². The van der Waals surface area contributed by atoms with Gasteiger partial charge < -0.3 is 14.1 Å². The summed E-state index contributed by atoms with van der Waals surface area (Å²) < 4.78 is 11.2. The first kappa shape index (κ1) is 15.8. The molecule has 0 aromatic carbocycles. The lowest BCUT2D eigenvalue weighted by Crippen LogP contribution is -2.53. The molecular weight excluding hydrogens is 326 g/mol. The molecule has 0 radical (unpaired) electrons. The summed E-state index contributed by atoms with van der Waals surface area (Å²) in [7, 11) is 1.77. The minimum absolute atomic E-state index is 0.0423. The molecule has 0 aliphatic carbocycles. The number of carbonyl (C=O) groups is 1. The van der Waals surface area contributed by atoms with E-state index in [0.717, 1.165) is 38.4 Å². The Morgan fingerprint density at radius 3 is 3.12 bits per heavy atom. The predicted molar refractivity (Wildman–Crippen MR) is 89.8 cm³/mol. The highest BCUT2D eigenvalue weighted by Crippen LogP contribution is 2.34. The smallest absolute Gasteiger partial charge is 0.273 e. The molecule has 24 heavy (non-hydrogen) atoms. The van der Waals surface area contributed by atoms with Crippen molar-refractivity contribution < 1.29 is 13.9 Å². The van der Waals surface area contributed by atoms with Crippen molar-refractivity contribution in [3.8, 4) is 0 Å². The van der Waals surface area contributed by atoms with E-state index in [2.05, 4.69) is 9.88 Å². The number of hydrogen-bond donors (Lipinski definition) is 0. The maximum atomic E-state index is 12.8. The number of nitrogens with zero attached hydrogens (tertiary/aromatic N) is 3. The zero-order valence-electron chi connectivity index (χ0n) is 13.6. The van der Waals surface area contributed by atoms with Crippen LogP contribution in [-0.4, -0.2) is 59.6 Å². The highest BCUT2D eigenvalue weighted by molar-refractivity contribution is 7.07. The van der Waals surface area contributed by atoms with Crippen LogP contribution in [0.3, 0.4) is 0 Å². The highest BCUT2D eigenvalue weighted by Gasteiger charge is 2.46. The van der Waals surface area contributed by atoms with Crippen LogP contribution in [0.15, 0.2) is 33.7 Å². The van der Waals surface area contributed by atoms with Crippen molar-refractivity contribution in [2.45, 2.75) is 25.1 Å². The van der Waals surface area contributed by atoms with Gasteiger partial charge in [-0.3, -0.25) is 9.69 Å². The van der Waals surface area contributed by atoms with Crippen LogP contribution in [0.25, 0.3) is 0 Å². The van der Waals surface area contributed by atoms with E-state index in [1.54, 1.807) is 18.9 Å². The Kier molecular flexibility index (Phi) is 4.39. The summed E-state index contributed by atoms with van der Waals surface area (Å²) in [6.07, 6.45) is 2.78. The van der Waals surface area contributed by atoms with Crippen LogP contribution in [0.1, 0.15) is 22.7 Å². The summed E-state index contributed by atoms with van der Waals surface area (Å²) in [5.41, 5.74) is 2.27. The van der Waals surface area contributed by atoms with Crippen molar-refractivity contribution in [1.29, 1.82) is 0 Å². The fourth-order valence-corrected chi connectivity index (χ4v) is 4.52. The lowest BCUT2D eigenvalue weighted by Gasteiger charge is -2.40. The van der Waals surface area contributed by atoms with Gasteiger partial charge in [0.15, 0.2) is 0 Å². The third-order valence-electron chi connectivity index (χ3n) is 5.12. The zero-order chi connectivity index (χ0) is 16.5. The molecule has 0 N–H and O–H groups in total. The number of carbonyl (C=O) groups excluding carboxylic acids is 1. The largest absolute Gasteiger partial charge is 0.468 e. The number of methoxy groups -OCH3 is 1. The zero-order valence-corrected chi connectivity index (χ0v) is 14.4. The molecule has 4 heterocycles. The third-order valence-corrected chi connectivity index (χ3v) is 5.70. The van der Waals surface area contributed by atoms with E-state index in [4.69, 9.17) is 9.15 Å². The molecular formula is C17H21N3O3S. The summed E-state index contributed by atoms with van der Waals surface area (Å²) in [4.78, 5) is 21.4. The molecule has 2 aromatic heterocycles. The first-order valence-corrected chi connectivity index (χ1v) is 9.17. The summed E-state index contributed by atoms with van der Waals surface area (Å²) in [5.74, 6) is 1.34. The van der Waals surface area contributed by atoms with Crippen molar-refractivity contribution in [1.82, 2.24) is 14.8 Å². The second-order valence-electron chi connectivity index (χ2n) is 6.44. The fraction of sp³-hybridized carbons (Fsp3) is 0.529. The molecule has 2 aliphatic heterocycles. The first-order chi connectivity index (χ1) is 11.8. The Bertz CT molecular complexity index is 673. The first-order valence-electron chi connectivity index (χ1n) is 8.23. The molecule has 1 amide bonds. The van der Waals surface area contributed by atoms with Gasteiger partial charge >= 0.3 is 0 Å². The summed E-state index contributed by atoms with van der Waals surface area (Å²) >= 11 is 1.46. The molecule has 0 unspecified atom stereocenters. The van der Waals surface area contributed by atoms with E-state index in [-0.39, 0.29) is 18.1 Å². The second-order valence-corrected chi connectivity index (χ2v) is 7.16. The van der Waals surface area contributed by atoms with Crippen molar-refractivity contribution in [3.63, 3.8) is 0 Å². The van der Waals surface area contributed by atoms with E-state index < -0.39 is 0 Å². The number of fused-ring (bicyclic) bond motifs is 1. The lowest BCUT2D eigenvalue weighted by atomic mass is 9.89. The number of ether oxygens (including phenoxy) is 1. The number of furan rings is 1. The average molecular weight is 347 g/mol. The topological polar surface area (TPSA) is 58.8 Å². The van der Waals surface area contributed by atoms with Crippen LogP contribution in [0, 0.1) is 5.92 Å². The number of piperidine rings is 1. The maximum absolute atomic E-state index is 12.8. The average Bonchev–Trinajstić information content (AvgIpc) is 3.34.